The first kappa shape index (κ1) is 22.9. The normalized spacial score (nSPS) is 14.2. The average Bonchev–Trinajstić information content (AvgIpc) is 3.33. The molecule has 0 unspecified atom stereocenters. The first-order valence-corrected chi connectivity index (χ1v) is 12.4. The van der Waals surface area contributed by atoms with Gasteiger partial charge in [-0.25, -0.2) is 12.8 Å². The van der Waals surface area contributed by atoms with Crippen LogP contribution < -0.4 is 10.0 Å². The van der Waals surface area contributed by atoms with Gasteiger partial charge in [0.25, 0.3) is 15.9 Å². The number of hydrogen-bond donors (Lipinski definition) is 2. The van der Waals surface area contributed by atoms with Crippen LogP contribution >= 0.6 is 0 Å². The minimum absolute atomic E-state index is 0.118. The first-order chi connectivity index (χ1) is 15.9. The highest BCUT2D eigenvalue weighted by atomic mass is 32.2. The molecule has 4 rings (SSSR count). The molecule has 0 radical (unpaired) electrons. The molecule has 0 saturated carbocycles. The van der Waals surface area contributed by atoms with Crippen molar-refractivity contribution in [1.29, 1.82) is 0 Å². The van der Waals surface area contributed by atoms with Gasteiger partial charge >= 0.3 is 0 Å². The summed E-state index contributed by atoms with van der Waals surface area (Å²) in [6.45, 7) is 3.36. The van der Waals surface area contributed by atoms with E-state index in [9.17, 15) is 17.6 Å². The second-order valence-electron chi connectivity index (χ2n) is 8.05. The van der Waals surface area contributed by atoms with Gasteiger partial charge in [0.2, 0.25) is 0 Å². The van der Waals surface area contributed by atoms with Crippen LogP contribution in [0, 0.1) is 5.82 Å². The van der Waals surface area contributed by atoms with Crippen LogP contribution in [-0.2, 0) is 23.1 Å². The molecule has 0 aromatic heterocycles. The zero-order valence-electron chi connectivity index (χ0n) is 18.1. The van der Waals surface area contributed by atoms with Crippen molar-refractivity contribution in [2.24, 2.45) is 0 Å². The molecule has 0 atom stereocenters. The van der Waals surface area contributed by atoms with E-state index in [2.05, 4.69) is 21.0 Å². The molecule has 1 saturated heterocycles. The highest BCUT2D eigenvalue weighted by molar-refractivity contribution is 7.92. The lowest BCUT2D eigenvalue weighted by atomic mass is 10.1. The number of carbonyl (C=O) groups is 1. The number of para-hydroxylation sites is 1. The van der Waals surface area contributed by atoms with Crippen LogP contribution in [0.2, 0.25) is 0 Å². The Morgan fingerprint density at radius 3 is 2.36 bits per heavy atom. The van der Waals surface area contributed by atoms with Crippen molar-refractivity contribution in [3.63, 3.8) is 0 Å². The Labute approximate surface area is 193 Å². The average molecular weight is 468 g/mol. The van der Waals surface area contributed by atoms with Crippen LogP contribution in [0.15, 0.2) is 77.7 Å². The highest BCUT2D eigenvalue weighted by Gasteiger charge is 2.18. The zero-order chi connectivity index (χ0) is 23.3. The Balaban J connectivity index is 1.45. The van der Waals surface area contributed by atoms with E-state index < -0.39 is 15.8 Å². The number of anilines is 1. The molecule has 1 aliphatic rings. The van der Waals surface area contributed by atoms with Crippen LogP contribution in [0.5, 0.6) is 0 Å². The van der Waals surface area contributed by atoms with Crippen molar-refractivity contribution < 1.29 is 17.6 Å². The SMILES string of the molecule is O=C(NCc1ccccc1CN1CCCC1)c1cccc(S(=O)(=O)Nc2ccccc2F)c1. The summed E-state index contributed by atoms with van der Waals surface area (Å²) < 4.78 is 41.5. The van der Waals surface area contributed by atoms with E-state index in [1.165, 1.54) is 60.9 Å². The molecule has 1 fully saturated rings. The van der Waals surface area contributed by atoms with Crippen molar-refractivity contribution in [3.8, 4) is 0 Å². The molecule has 2 N–H and O–H groups in total. The monoisotopic (exact) mass is 467 g/mol. The summed E-state index contributed by atoms with van der Waals surface area (Å²) in [7, 11) is -4.05. The second-order valence-corrected chi connectivity index (χ2v) is 9.73. The van der Waals surface area contributed by atoms with Crippen LogP contribution in [0.25, 0.3) is 0 Å². The number of nitrogens with one attached hydrogen (secondary N) is 2. The number of sulfonamides is 1. The summed E-state index contributed by atoms with van der Waals surface area (Å²) in [5.41, 5.74) is 2.26. The van der Waals surface area contributed by atoms with Gasteiger partial charge in [-0.3, -0.25) is 14.4 Å². The Morgan fingerprint density at radius 2 is 1.61 bits per heavy atom. The minimum Gasteiger partial charge on any atom is -0.348 e. The van der Waals surface area contributed by atoms with Crippen LogP contribution in [0.4, 0.5) is 10.1 Å². The summed E-state index contributed by atoms with van der Waals surface area (Å²) in [6, 6.07) is 19.2. The predicted molar refractivity (Wildman–Crippen MR) is 126 cm³/mol. The largest absolute Gasteiger partial charge is 0.348 e. The van der Waals surface area contributed by atoms with Gasteiger partial charge in [-0.15, -0.1) is 0 Å². The lowest BCUT2D eigenvalue weighted by molar-refractivity contribution is 0.0950. The molecular formula is C25H26FN3O3S. The molecule has 0 spiro atoms. The molecule has 8 heteroatoms. The molecule has 1 aliphatic heterocycles. The number of nitrogens with zero attached hydrogens (tertiary/aromatic N) is 1. The number of hydrogen-bond acceptors (Lipinski definition) is 4. The molecule has 6 nitrogen and oxygen atoms in total. The van der Waals surface area contributed by atoms with E-state index in [-0.39, 0.29) is 22.1 Å². The molecule has 1 amide bonds. The van der Waals surface area contributed by atoms with E-state index in [4.69, 9.17) is 0 Å². The van der Waals surface area contributed by atoms with Crippen LogP contribution in [0.1, 0.15) is 34.3 Å². The Bertz CT molecular complexity index is 1240. The van der Waals surface area contributed by atoms with Gasteiger partial charge < -0.3 is 5.32 Å². The first-order valence-electron chi connectivity index (χ1n) is 10.9. The molecule has 0 aliphatic carbocycles. The van der Waals surface area contributed by atoms with Crippen molar-refractivity contribution >= 4 is 21.6 Å². The Morgan fingerprint density at radius 1 is 0.909 bits per heavy atom. The van der Waals surface area contributed by atoms with Crippen molar-refractivity contribution in [3.05, 3.63) is 95.3 Å². The molecule has 172 valence electrons. The van der Waals surface area contributed by atoms with Crippen molar-refractivity contribution in [2.75, 3.05) is 17.8 Å². The smallest absolute Gasteiger partial charge is 0.262 e. The predicted octanol–water partition coefficient (Wildman–Crippen LogP) is 4.15. The number of benzene rings is 3. The van der Waals surface area contributed by atoms with Gasteiger partial charge in [-0.1, -0.05) is 42.5 Å². The van der Waals surface area contributed by atoms with E-state index >= 15 is 0 Å². The highest BCUT2D eigenvalue weighted by Crippen LogP contribution is 2.20. The lowest BCUT2D eigenvalue weighted by Crippen LogP contribution is -2.25. The standard InChI is InChI=1S/C25H26FN3O3S/c26-23-12-3-4-13-24(23)28-33(31,32)22-11-7-10-19(16-22)25(30)27-17-20-8-1-2-9-21(20)18-29-14-5-6-15-29/h1-4,7-13,16,28H,5-6,14-15,17-18H2,(H,27,30). The van der Waals surface area contributed by atoms with Crippen molar-refractivity contribution in [2.45, 2.75) is 30.8 Å². The fourth-order valence-corrected chi connectivity index (χ4v) is 5.01. The quantitative estimate of drug-likeness (QED) is 0.522. The van der Waals surface area contributed by atoms with Gasteiger partial charge in [0.05, 0.1) is 10.6 Å². The minimum atomic E-state index is -4.05. The molecular weight excluding hydrogens is 441 g/mol. The Kier molecular flexibility index (Phi) is 7.05. The number of rotatable bonds is 8. The maximum atomic E-state index is 13.9. The van der Waals surface area contributed by atoms with E-state index in [0.29, 0.717) is 6.54 Å². The Hall–Kier alpha value is -3.23. The lowest BCUT2D eigenvalue weighted by Gasteiger charge is -2.18. The molecule has 0 bridgehead atoms. The van der Waals surface area contributed by atoms with E-state index in [1.807, 2.05) is 18.2 Å². The number of amides is 1. The van der Waals surface area contributed by atoms with Gasteiger partial charge in [0, 0.05) is 18.7 Å². The van der Waals surface area contributed by atoms with Gasteiger partial charge in [-0.2, -0.15) is 0 Å². The third kappa shape index (κ3) is 5.77. The van der Waals surface area contributed by atoms with Gasteiger partial charge in [0.1, 0.15) is 5.82 Å². The zero-order valence-corrected chi connectivity index (χ0v) is 18.9. The summed E-state index contributed by atoms with van der Waals surface area (Å²) in [5, 5.41) is 2.89. The number of carbonyl (C=O) groups excluding carboxylic acids is 1. The molecule has 3 aromatic rings. The third-order valence-electron chi connectivity index (χ3n) is 5.68. The topological polar surface area (TPSA) is 78.5 Å². The summed E-state index contributed by atoms with van der Waals surface area (Å²) in [6.07, 6.45) is 2.42. The summed E-state index contributed by atoms with van der Waals surface area (Å²) in [4.78, 5) is 15.1. The molecule has 1 heterocycles. The number of halogens is 1. The van der Waals surface area contributed by atoms with Gasteiger partial charge in [-0.05, 0) is 67.4 Å². The maximum Gasteiger partial charge on any atom is 0.262 e. The molecule has 33 heavy (non-hydrogen) atoms. The van der Waals surface area contributed by atoms with Crippen LogP contribution in [-0.4, -0.2) is 32.3 Å². The van der Waals surface area contributed by atoms with E-state index in [1.54, 1.807) is 6.07 Å². The fourth-order valence-electron chi connectivity index (χ4n) is 3.90. The maximum absolute atomic E-state index is 13.9. The fraction of sp³-hybridized carbons (Fsp3) is 0.240. The van der Waals surface area contributed by atoms with Crippen LogP contribution in [0.3, 0.4) is 0 Å². The van der Waals surface area contributed by atoms with Gasteiger partial charge in [0.15, 0.2) is 0 Å². The summed E-state index contributed by atoms with van der Waals surface area (Å²) in [5.74, 6) is -1.06. The van der Waals surface area contributed by atoms with Crippen molar-refractivity contribution in [1.82, 2.24) is 10.2 Å². The number of likely N-dealkylation sites (tertiary alicyclic amines) is 1. The third-order valence-corrected chi connectivity index (χ3v) is 7.04. The van der Waals surface area contributed by atoms with E-state index in [0.717, 1.165) is 25.2 Å². The summed E-state index contributed by atoms with van der Waals surface area (Å²) >= 11 is 0. The molecule has 3 aromatic carbocycles. The second kappa shape index (κ2) is 10.1.